The average molecular weight is 418 g/mol. The summed E-state index contributed by atoms with van der Waals surface area (Å²) in [6.45, 7) is 3.76. The first-order chi connectivity index (χ1) is 13.3. The van der Waals surface area contributed by atoms with Crippen LogP contribution in [0.25, 0.3) is 10.2 Å². The fourth-order valence-electron chi connectivity index (χ4n) is 3.62. The molecule has 0 bridgehead atoms. The van der Waals surface area contributed by atoms with Crippen LogP contribution in [0.3, 0.4) is 0 Å². The topological polar surface area (TPSA) is 93.4 Å². The molecular weight excluding hydrogens is 398 g/mol. The monoisotopic (exact) mass is 417 g/mol. The number of hydrogen-bond acceptors (Lipinski definition) is 6. The van der Waals surface area contributed by atoms with Crippen molar-refractivity contribution >= 4 is 37.3 Å². The highest BCUT2D eigenvalue weighted by Gasteiger charge is 2.39. The number of nitro groups is 1. The molecule has 7 nitrogen and oxygen atoms in total. The lowest BCUT2D eigenvalue weighted by atomic mass is 10.1. The lowest BCUT2D eigenvalue weighted by Gasteiger charge is -2.23. The molecule has 1 aromatic heterocycles. The van der Waals surface area contributed by atoms with Gasteiger partial charge in [0.05, 0.1) is 26.1 Å². The van der Waals surface area contributed by atoms with Crippen LogP contribution in [0.1, 0.15) is 35.0 Å². The van der Waals surface area contributed by atoms with Crippen LogP contribution in [0.15, 0.2) is 41.3 Å². The van der Waals surface area contributed by atoms with Gasteiger partial charge < -0.3 is 0 Å². The zero-order valence-corrected chi connectivity index (χ0v) is 17.1. The minimum absolute atomic E-state index is 0.00668. The van der Waals surface area contributed by atoms with Gasteiger partial charge in [-0.05, 0) is 49.9 Å². The third kappa shape index (κ3) is 3.09. The van der Waals surface area contributed by atoms with Gasteiger partial charge in [-0.3, -0.25) is 10.1 Å². The molecule has 146 valence electrons. The van der Waals surface area contributed by atoms with E-state index in [-0.39, 0.29) is 16.6 Å². The van der Waals surface area contributed by atoms with Crippen molar-refractivity contribution in [2.45, 2.75) is 37.6 Å². The van der Waals surface area contributed by atoms with E-state index in [9.17, 15) is 18.5 Å². The first kappa shape index (κ1) is 19.0. The van der Waals surface area contributed by atoms with Crippen molar-refractivity contribution < 1.29 is 13.3 Å². The molecule has 0 spiro atoms. The van der Waals surface area contributed by atoms with Crippen molar-refractivity contribution in [1.29, 1.82) is 0 Å². The number of hydrogen-bond donors (Lipinski definition) is 0. The lowest BCUT2D eigenvalue weighted by Crippen LogP contribution is -2.31. The maximum atomic E-state index is 13.5. The molecule has 0 aliphatic carbocycles. The number of rotatable bonds is 4. The van der Waals surface area contributed by atoms with E-state index in [4.69, 9.17) is 0 Å². The molecule has 1 fully saturated rings. The molecule has 1 aliphatic heterocycles. The number of aryl methyl sites for hydroxylation is 1. The van der Waals surface area contributed by atoms with Crippen LogP contribution in [-0.4, -0.2) is 29.2 Å². The molecule has 3 aromatic rings. The summed E-state index contributed by atoms with van der Waals surface area (Å²) < 4.78 is 29.4. The molecule has 1 aliphatic rings. The molecule has 28 heavy (non-hydrogen) atoms. The Morgan fingerprint density at radius 2 is 2.00 bits per heavy atom. The second kappa shape index (κ2) is 6.91. The predicted molar refractivity (Wildman–Crippen MR) is 108 cm³/mol. The summed E-state index contributed by atoms with van der Waals surface area (Å²) in [6, 6.07) is 9.96. The first-order valence-electron chi connectivity index (χ1n) is 8.92. The van der Waals surface area contributed by atoms with Gasteiger partial charge in [-0.1, -0.05) is 12.1 Å². The molecule has 0 amide bonds. The lowest BCUT2D eigenvalue weighted by molar-refractivity contribution is -0.385. The maximum absolute atomic E-state index is 13.5. The van der Waals surface area contributed by atoms with Gasteiger partial charge in [-0.25, -0.2) is 13.4 Å². The molecule has 0 saturated carbocycles. The number of thiazole rings is 1. The third-order valence-electron chi connectivity index (χ3n) is 5.20. The molecule has 0 N–H and O–H groups in total. The number of non-ortho nitro benzene ring substituents is 1. The summed E-state index contributed by atoms with van der Waals surface area (Å²) in [6.07, 6.45) is 1.42. The van der Waals surface area contributed by atoms with Crippen molar-refractivity contribution in [3.05, 3.63) is 62.6 Å². The Balaban J connectivity index is 1.79. The summed E-state index contributed by atoms with van der Waals surface area (Å²) in [5, 5.41) is 12.0. The highest BCUT2D eigenvalue weighted by molar-refractivity contribution is 7.89. The summed E-state index contributed by atoms with van der Waals surface area (Å²) in [5.74, 6) is 0. The van der Waals surface area contributed by atoms with Gasteiger partial charge >= 0.3 is 0 Å². The van der Waals surface area contributed by atoms with Crippen molar-refractivity contribution in [3.8, 4) is 0 Å². The second-order valence-corrected chi connectivity index (χ2v) is 9.86. The number of sulfonamides is 1. The number of nitrogens with zero attached hydrogens (tertiary/aromatic N) is 3. The van der Waals surface area contributed by atoms with Crippen molar-refractivity contribution in [1.82, 2.24) is 9.29 Å². The van der Waals surface area contributed by atoms with Gasteiger partial charge in [0, 0.05) is 18.7 Å². The highest BCUT2D eigenvalue weighted by Crippen LogP contribution is 2.40. The van der Waals surface area contributed by atoms with Crippen LogP contribution in [0.4, 0.5) is 5.69 Å². The van der Waals surface area contributed by atoms with Gasteiger partial charge in [-0.15, -0.1) is 11.3 Å². The molecule has 9 heteroatoms. The summed E-state index contributed by atoms with van der Waals surface area (Å²) >= 11 is 1.50. The van der Waals surface area contributed by atoms with Crippen molar-refractivity contribution in [2.75, 3.05) is 6.54 Å². The Labute approximate surface area is 166 Å². The molecule has 1 atom stereocenters. The number of aromatic nitrogens is 1. The van der Waals surface area contributed by atoms with Crippen molar-refractivity contribution in [3.63, 3.8) is 0 Å². The Bertz CT molecular complexity index is 1150. The fraction of sp³-hybridized carbons (Fsp3) is 0.316. The van der Waals surface area contributed by atoms with E-state index < -0.39 is 14.9 Å². The van der Waals surface area contributed by atoms with Gasteiger partial charge in [0.15, 0.2) is 0 Å². The number of para-hydroxylation sites is 1. The molecule has 1 saturated heterocycles. The van der Waals surface area contributed by atoms with E-state index in [2.05, 4.69) is 4.98 Å². The first-order valence-corrected chi connectivity index (χ1v) is 11.2. The molecule has 0 radical (unpaired) electrons. The predicted octanol–water partition coefficient (Wildman–Crippen LogP) is 4.35. The minimum Gasteiger partial charge on any atom is -0.258 e. The Hall–Kier alpha value is -2.36. The van der Waals surface area contributed by atoms with E-state index in [1.807, 2.05) is 24.3 Å². The quantitative estimate of drug-likeness (QED) is 0.465. The summed E-state index contributed by atoms with van der Waals surface area (Å²) in [5.41, 5.74) is 1.77. The SMILES string of the molecule is Cc1cc([N+](=O)[O-])cc(S(=O)(=O)N2CCC[C@@H]2c2nc3ccccc3s2)c1C. The minimum atomic E-state index is -3.89. The number of fused-ring (bicyclic) bond motifs is 1. The zero-order valence-electron chi connectivity index (χ0n) is 15.5. The average Bonchev–Trinajstić information content (AvgIpc) is 3.30. The fourth-order valence-corrected chi connectivity index (χ4v) is 6.78. The Morgan fingerprint density at radius 3 is 2.71 bits per heavy atom. The van der Waals surface area contributed by atoms with Crippen LogP contribution in [0.2, 0.25) is 0 Å². The van der Waals surface area contributed by atoms with Crippen LogP contribution in [-0.2, 0) is 10.0 Å². The van der Waals surface area contributed by atoms with Gasteiger partial charge in [-0.2, -0.15) is 4.31 Å². The molecule has 4 rings (SSSR count). The van der Waals surface area contributed by atoms with Gasteiger partial charge in [0.2, 0.25) is 10.0 Å². The second-order valence-electron chi connectivity index (χ2n) is 6.94. The van der Waals surface area contributed by atoms with E-state index in [0.717, 1.165) is 21.6 Å². The number of benzene rings is 2. The van der Waals surface area contributed by atoms with Crippen LogP contribution < -0.4 is 0 Å². The molecule has 2 aromatic carbocycles. The molecule has 2 heterocycles. The van der Waals surface area contributed by atoms with Crippen molar-refractivity contribution in [2.24, 2.45) is 0 Å². The van der Waals surface area contributed by atoms with E-state index >= 15 is 0 Å². The van der Waals surface area contributed by atoms with E-state index in [1.165, 1.54) is 27.8 Å². The molecular formula is C19H19N3O4S2. The van der Waals surface area contributed by atoms with Gasteiger partial charge in [0.25, 0.3) is 5.69 Å². The maximum Gasteiger partial charge on any atom is 0.271 e. The Kier molecular flexibility index (Phi) is 4.68. The molecule has 0 unspecified atom stereocenters. The van der Waals surface area contributed by atoms with Crippen LogP contribution in [0.5, 0.6) is 0 Å². The largest absolute Gasteiger partial charge is 0.271 e. The van der Waals surface area contributed by atoms with Gasteiger partial charge in [0.1, 0.15) is 5.01 Å². The van der Waals surface area contributed by atoms with Crippen LogP contribution >= 0.6 is 11.3 Å². The summed E-state index contributed by atoms with van der Waals surface area (Å²) in [7, 11) is -3.89. The summed E-state index contributed by atoms with van der Waals surface area (Å²) in [4.78, 5) is 15.3. The zero-order chi connectivity index (χ0) is 20.1. The van der Waals surface area contributed by atoms with E-state index in [0.29, 0.717) is 24.1 Å². The normalized spacial score (nSPS) is 18.0. The standard InChI is InChI=1S/C19H19N3O4S2/c1-12-10-14(22(23)24)11-18(13(12)2)28(25,26)21-9-5-7-16(21)19-20-15-6-3-4-8-17(15)27-19/h3-4,6,8,10-11,16H,5,7,9H2,1-2H3/t16-/m1/s1. The highest BCUT2D eigenvalue weighted by atomic mass is 32.2. The van der Waals surface area contributed by atoms with Crippen LogP contribution in [0, 0.1) is 24.0 Å². The third-order valence-corrected chi connectivity index (χ3v) is 8.37. The van der Waals surface area contributed by atoms with E-state index in [1.54, 1.807) is 13.8 Å². The number of nitro benzene ring substituents is 1. The Morgan fingerprint density at radius 1 is 1.25 bits per heavy atom. The smallest absolute Gasteiger partial charge is 0.258 e.